The van der Waals surface area contributed by atoms with Crippen LogP contribution in [0.5, 0.6) is 17.2 Å². The van der Waals surface area contributed by atoms with Crippen molar-refractivity contribution in [2.24, 2.45) is 0 Å². The van der Waals surface area contributed by atoms with Crippen LogP contribution in [0.3, 0.4) is 0 Å². The summed E-state index contributed by atoms with van der Waals surface area (Å²) in [5.41, 5.74) is 1.38. The molecule has 0 radical (unpaired) electrons. The Kier molecular flexibility index (Phi) is 3.47. The molecule has 0 aliphatic heterocycles. The number of benzene rings is 2. The summed E-state index contributed by atoms with van der Waals surface area (Å²) < 4.78 is 15.4. The van der Waals surface area contributed by atoms with Crippen LogP contribution >= 0.6 is 0 Å². The van der Waals surface area contributed by atoms with Crippen LogP contribution in [0.25, 0.3) is 22.1 Å². The molecule has 1 N–H and O–H groups in total. The van der Waals surface area contributed by atoms with Gasteiger partial charge in [-0.05, 0) is 29.3 Å². The minimum absolute atomic E-state index is 0.0152. The van der Waals surface area contributed by atoms with E-state index in [1.165, 1.54) is 25.3 Å². The van der Waals surface area contributed by atoms with Crippen molar-refractivity contribution in [3.8, 4) is 28.4 Å². The fourth-order valence-corrected chi connectivity index (χ4v) is 2.35. The Balaban J connectivity index is 2.27. The number of fused-ring (bicyclic) bond motifs is 1. The third-order valence-corrected chi connectivity index (χ3v) is 3.45. The highest BCUT2D eigenvalue weighted by molar-refractivity contribution is 5.95. The fraction of sp³-hybridized carbons (Fsp3) is 0.118. The summed E-state index contributed by atoms with van der Waals surface area (Å²) in [6, 6.07) is 11.7. The van der Waals surface area contributed by atoms with E-state index < -0.39 is 5.63 Å². The molecule has 1 aromatic heterocycles. The zero-order chi connectivity index (χ0) is 15.7. The first-order chi connectivity index (χ1) is 10.6. The van der Waals surface area contributed by atoms with Crippen molar-refractivity contribution in [1.29, 1.82) is 0 Å². The Morgan fingerprint density at radius 2 is 1.73 bits per heavy atom. The number of hydrogen-bond donors (Lipinski definition) is 1. The lowest BCUT2D eigenvalue weighted by molar-refractivity contribution is 0.373. The van der Waals surface area contributed by atoms with E-state index in [9.17, 15) is 9.90 Å². The van der Waals surface area contributed by atoms with E-state index in [-0.39, 0.29) is 11.5 Å². The molecule has 1 heterocycles. The van der Waals surface area contributed by atoms with Gasteiger partial charge in [0.05, 0.1) is 14.2 Å². The zero-order valence-electron chi connectivity index (χ0n) is 12.1. The summed E-state index contributed by atoms with van der Waals surface area (Å²) in [5.74, 6) is 0.960. The fourth-order valence-electron chi connectivity index (χ4n) is 2.35. The molecule has 3 aromatic rings. The molecular weight excluding hydrogens is 284 g/mol. The van der Waals surface area contributed by atoms with Crippen LogP contribution in [-0.2, 0) is 0 Å². The average molecular weight is 298 g/mol. The Morgan fingerprint density at radius 3 is 2.36 bits per heavy atom. The number of phenolic OH excluding ortho intramolecular Hbond substituents is 1. The molecule has 0 unspecified atom stereocenters. The van der Waals surface area contributed by atoms with Crippen molar-refractivity contribution < 1.29 is 19.0 Å². The van der Waals surface area contributed by atoms with Crippen molar-refractivity contribution in [2.75, 3.05) is 14.2 Å². The lowest BCUT2D eigenvalue weighted by Gasteiger charge is -2.09. The van der Waals surface area contributed by atoms with Crippen molar-refractivity contribution in [1.82, 2.24) is 0 Å². The van der Waals surface area contributed by atoms with Crippen LogP contribution in [0.4, 0.5) is 0 Å². The maximum absolute atomic E-state index is 11.8. The molecule has 112 valence electrons. The van der Waals surface area contributed by atoms with Gasteiger partial charge in [0, 0.05) is 17.5 Å². The number of rotatable bonds is 3. The predicted molar refractivity (Wildman–Crippen MR) is 82.7 cm³/mol. The van der Waals surface area contributed by atoms with E-state index >= 15 is 0 Å². The van der Waals surface area contributed by atoms with Gasteiger partial charge in [-0.3, -0.25) is 0 Å². The van der Waals surface area contributed by atoms with E-state index in [0.29, 0.717) is 16.5 Å². The number of aromatic hydroxyl groups is 1. The molecule has 0 aliphatic carbocycles. The summed E-state index contributed by atoms with van der Waals surface area (Å²) in [7, 11) is 3.03. The number of hydrogen-bond acceptors (Lipinski definition) is 5. The van der Waals surface area contributed by atoms with Gasteiger partial charge in [0.1, 0.15) is 11.3 Å². The quantitative estimate of drug-likeness (QED) is 0.752. The minimum Gasteiger partial charge on any atom is -0.504 e. The molecule has 0 amide bonds. The second kappa shape index (κ2) is 5.44. The number of methoxy groups -OCH3 is 2. The van der Waals surface area contributed by atoms with Gasteiger partial charge in [-0.15, -0.1) is 0 Å². The predicted octanol–water partition coefficient (Wildman–Crippen LogP) is 3.18. The first-order valence-electron chi connectivity index (χ1n) is 6.61. The van der Waals surface area contributed by atoms with Gasteiger partial charge in [0.25, 0.3) is 0 Å². The van der Waals surface area contributed by atoms with Crippen molar-refractivity contribution in [3.05, 3.63) is 52.9 Å². The van der Waals surface area contributed by atoms with Crippen LogP contribution in [0, 0.1) is 0 Å². The monoisotopic (exact) mass is 298 g/mol. The highest BCUT2D eigenvalue weighted by Crippen LogP contribution is 2.35. The topological polar surface area (TPSA) is 68.9 Å². The molecule has 2 aromatic carbocycles. The maximum atomic E-state index is 11.8. The minimum atomic E-state index is -0.467. The normalized spacial score (nSPS) is 10.6. The van der Waals surface area contributed by atoms with Crippen molar-refractivity contribution in [2.45, 2.75) is 0 Å². The number of ether oxygens (including phenoxy) is 2. The highest BCUT2D eigenvalue weighted by Gasteiger charge is 2.12. The maximum Gasteiger partial charge on any atom is 0.336 e. The third-order valence-electron chi connectivity index (χ3n) is 3.45. The Morgan fingerprint density at radius 1 is 1.00 bits per heavy atom. The summed E-state index contributed by atoms with van der Waals surface area (Å²) >= 11 is 0. The SMILES string of the molecule is COc1ccc(-c2cc(=O)oc3cc(OC)c(O)cc23)cc1. The molecule has 0 saturated carbocycles. The van der Waals surface area contributed by atoms with Gasteiger partial charge >= 0.3 is 5.63 Å². The third kappa shape index (κ3) is 2.37. The highest BCUT2D eigenvalue weighted by atomic mass is 16.5. The van der Waals surface area contributed by atoms with Gasteiger partial charge in [0.15, 0.2) is 11.5 Å². The zero-order valence-corrected chi connectivity index (χ0v) is 12.1. The van der Waals surface area contributed by atoms with E-state index in [1.54, 1.807) is 19.2 Å². The van der Waals surface area contributed by atoms with Crippen molar-refractivity contribution >= 4 is 11.0 Å². The molecule has 3 rings (SSSR count). The summed E-state index contributed by atoms with van der Waals surface area (Å²) in [4.78, 5) is 11.8. The van der Waals surface area contributed by atoms with Crippen LogP contribution < -0.4 is 15.1 Å². The first-order valence-corrected chi connectivity index (χ1v) is 6.61. The van der Waals surface area contributed by atoms with E-state index in [1.807, 2.05) is 12.1 Å². The smallest absolute Gasteiger partial charge is 0.336 e. The summed E-state index contributed by atoms with van der Waals surface area (Å²) in [5, 5.41) is 10.6. The molecule has 0 atom stereocenters. The van der Waals surface area contributed by atoms with Crippen LogP contribution in [0.2, 0.25) is 0 Å². The Hall–Kier alpha value is -2.95. The van der Waals surface area contributed by atoms with Gasteiger partial charge in [-0.1, -0.05) is 12.1 Å². The van der Waals surface area contributed by atoms with Gasteiger partial charge in [-0.25, -0.2) is 4.79 Å². The second-order valence-corrected chi connectivity index (χ2v) is 4.73. The van der Waals surface area contributed by atoms with Crippen molar-refractivity contribution in [3.63, 3.8) is 0 Å². The molecule has 0 aliphatic rings. The largest absolute Gasteiger partial charge is 0.504 e. The number of phenols is 1. The first kappa shape index (κ1) is 14.0. The second-order valence-electron chi connectivity index (χ2n) is 4.73. The molecule has 0 fully saturated rings. The molecule has 5 heteroatoms. The van der Waals surface area contributed by atoms with Crippen LogP contribution in [0.15, 0.2) is 51.7 Å². The summed E-state index contributed by atoms with van der Waals surface area (Å²) in [6.45, 7) is 0. The standard InChI is InChI=1S/C17H14O5/c1-20-11-5-3-10(4-6-11)12-8-17(19)22-15-9-16(21-2)14(18)7-13(12)15/h3-9,18H,1-2H3. The van der Waals surface area contributed by atoms with Crippen LogP contribution in [-0.4, -0.2) is 19.3 Å². The van der Waals surface area contributed by atoms with Gasteiger partial charge in [-0.2, -0.15) is 0 Å². The molecule has 0 spiro atoms. The molecule has 22 heavy (non-hydrogen) atoms. The lowest BCUT2D eigenvalue weighted by Crippen LogP contribution is -1.98. The van der Waals surface area contributed by atoms with Gasteiger partial charge in [0.2, 0.25) is 0 Å². The van der Waals surface area contributed by atoms with Gasteiger partial charge < -0.3 is 19.0 Å². The molecule has 0 bridgehead atoms. The Labute approximate surface area is 126 Å². The van der Waals surface area contributed by atoms with E-state index in [0.717, 1.165) is 11.3 Å². The lowest BCUT2D eigenvalue weighted by atomic mass is 10.0. The average Bonchev–Trinajstić information content (AvgIpc) is 2.54. The molecule has 0 saturated heterocycles. The molecular formula is C17H14O5. The molecule has 5 nitrogen and oxygen atoms in total. The van der Waals surface area contributed by atoms with E-state index in [2.05, 4.69) is 0 Å². The summed E-state index contributed by atoms with van der Waals surface area (Å²) in [6.07, 6.45) is 0. The Bertz CT molecular complexity index is 878. The van der Waals surface area contributed by atoms with Crippen LogP contribution in [0.1, 0.15) is 0 Å². The van der Waals surface area contributed by atoms with E-state index in [4.69, 9.17) is 13.9 Å².